The van der Waals surface area contributed by atoms with E-state index in [-0.39, 0.29) is 11.8 Å². The number of ketones is 1. The van der Waals surface area contributed by atoms with Crippen molar-refractivity contribution < 1.29 is 25.5 Å². The fourth-order valence-electron chi connectivity index (χ4n) is 1.67. The Bertz CT molecular complexity index is 215. The topological polar surface area (TPSA) is 56.4 Å². The van der Waals surface area contributed by atoms with Gasteiger partial charge >= 0.3 is 109 Å². The van der Waals surface area contributed by atoms with E-state index in [1.807, 2.05) is 20.7 Å². The molecule has 0 saturated carbocycles. The quantitative estimate of drug-likeness (QED) is 0.501. The van der Waals surface area contributed by atoms with E-state index in [1.54, 1.807) is 6.92 Å². The van der Waals surface area contributed by atoms with Gasteiger partial charge in [0.05, 0.1) is 0 Å². The molecule has 0 spiro atoms. The zero-order valence-corrected chi connectivity index (χ0v) is 11.4. The predicted molar refractivity (Wildman–Crippen MR) is 59.8 cm³/mol. The summed E-state index contributed by atoms with van der Waals surface area (Å²) in [6.45, 7) is 8.11. The van der Waals surface area contributed by atoms with Crippen LogP contribution in [0.3, 0.4) is 0 Å². The fourth-order valence-corrected chi connectivity index (χ4v) is 2.27. The molecule has 3 N–H and O–H groups in total. The first-order valence-electron chi connectivity index (χ1n) is 5.82. The van der Waals surface area contributed by atoms with Crippen LogP contribution >= 0.6 is 0 Å². The van der Waals surface area contributed by atoms with Crippen molar-refractivity contribution in [1.29, 1.82) is 0 Å². The third-order valence-electron chi connectivity index (χ3n) is 2.67. The molecule has 1 rings (SSSR count). The molecule has 1 fully saturated rings. The number of nitrogens with one attached hydrogen (secondary N) is 3. The summed E-state index contributed by atoms with van der Waals surface area (Å²) < 4.78 is 2.12. The number of nitrogens with zero attached hydrogens (tertiary/aromatic N) is 1. The Morgan fingerprint density at radius 1 is 1.12 bits per heavy atom. The van der Waals surface area contributed by atoms with Crippen LogP contribution in [0.4, 0.5) is 0 Å². The molecule has 1 saturated heterocycles. The van der Waals surface area contributed by atoms with Crippen LogP contribution < -0.4 is 16.0 Å². The van der Waals surface area contributed by atoms with Gasteiger partial charge in [0.15, 0.2) is 0 Å². The van der Waals surface area contributed by atoms with E-state index >= 15 is 0 Å². The zero-order valence-electron chi connectivity index (χ0n) is 9.88. The molecule has 0 radical (unpaired) electrons. The summed E-state index contributed by atoms with van der Waals surface area (Å²) in [5, 5.41) is 10.0. The Balaban J connectivity index is 2.43. The summed E-state index contributed by atoms with van der Waals surface area (Å²) in [6, 6.07) is 0.00114. The molecule has 5 nitrogen and oxygen atoms in total. The van der Waals surface area contributed by atoms with Crippen LogP contribution in [0.2, 0.25) is 0 Å². The van der Waals surface area contributed by atoms with E-state index < -0.39 is 0 Å². The van der Waals surface area contributed by atoms with E-state index in [0.717, 1.165) is 45.8 Å². The normalized spacial score (nSPS) is 26.6. The van der Waals surface area contributed by atoms with Crippen molar-refractivity contribution in [2.24, 2.45) is 0 Å². The van der Waals surface area contributed by atoms with Crippen molar-refractivity contribution in [2.75, 3.05) is 45.8 Å². The number of hydrogen-bond donors (Lipinski definition) is 3. The summed E-state index contributed by atoms with van der Waals surface area (Å²) in [7, 11) is 0. The van der Waals surface area contributed by atoms with Gasteiger partial charge in [-0.3, -0.25) is 0 Å². The second-order valence-corrected chi connectivity index (χ2v) is 4.92. The van der Waals surface area contributed by atoms with Crippen LogP contribution in [0.25, 0.3) is 0 Å². The second kappa shape index (κ2) is 8.33. The molecule has 6 heteroatoms. The summed E-state index contributed by atoms with van der Waals surface area (Å²) >= 11 is 2.01. The Kier molecular flexibility index (Phi) is 7.44. The molecular weight excluding hydrogens is 240 g/mol. The molecule has 1 aliphatic rings. The zero-order chi connectivity index (χ0) is 11.8. The van der Waals surface area contributed by atoms with Gasteiger partial charge in [-0.15, -0.1) is 0 Å². The molecule has 0 aromatic carbocycles. The van der Waals surface area contributed by atoms with Crippen LogP contribution in [0.1, 0.15) is 6.92 Å². The van der Waals surface area contributed by atoms with Crippen LogP contribution in [-0.4, -0.2) is 61.0 Å². The monoisotopic (exact) mass is 261 g/mol. The fraction of sp³-hybridized carbons (Fsp3) is 0.900. The van der Waals surface area contributed by atoms with Crippen molar-refractivity contribution in [2.45, 2.75) is 13.0 Å². The van der Waals surface area contributed by atoms with Crippen molar-refractivity contribution >= 4 is 5.78 Å². The molecule has 1 heterocycles. The van der Waals surface area contributed by atoms with E-state index in [4.69, 9.17) is 0 Å². The van der Waals surface area contributed by atoms with Gasteiger partial charge in [-0.1, -0.05) is 0 Å². The van der Waals surface area contributed by atoms with Gasteiger partial charge in [-0.25, -0.2) is 0 Å². The average molecular weight is 261 g/mol. The molecular formula is C10H21N4OTi. The van der Waals surface area contributed by atoms with E-state index in [9.17, 15) is 4.79 Å². The molecule has 16 heavy (non-hydrogen) atoms. The molecule has 1 aliphatic heterocycles. The number of rotatable bonds is 1. The minimum absolute atomic E-state index is 0.00114. The van der Waals surface area contributed by atoms with Crippen molar-refractivity contribution in [1.82, 2.24) is 19.3 Å². The number of Topliss-reactive ketones (excluding diaryl/α,β-unsaturated/α-hetero) is 1. The molecule has 0 aliphatic carbocycles. The Morgan fingerprint density at radius 3 is 2.31 bits per heavy atom. The van der Waals surface area contributed by atoms with Gasteiger partial charge in [-0.2, -0.15) is 0 Å². The summed E-state index contributed by atoms with van der Waals surface area (Å²) in [5.74, 6) is 0.236. The van der Waals surface area contributed by atoms with E-state index in [2.05, 4.69) is 19.3 Å². The molecule has 1 atom stereocenters. The van der Waals surface area contributed by atoms with Crippen LogP contribution in [-0.2, 0) is 25.5 Å². The van der Waals surface area contributed by atoms with Gasteiger partial charge < -0.3 is 0 Å². The number of hydrogen-bond acceptors (Lipinski definition) is 5. The maximum absolute atomic E-state index is 11.5. The molecule has 0 bridgehead atoms. The number of carbonyl (C=O) groups is 1. The second-order valence-electron chi connectivity index (χ2n) is 4.02. The first-order valence-corrected chi connectivity index (χ1v) is 6.52. The van der Waals surface area contributed by atoms with Crippen LogP contribution in [0.5, 0.6) is 0 Å². The molecule has 0 amide bonds. The van der Waals surface area contributed by atoms with E-state index in [0.29, 0.717) is 0 Å². The Morgan fingerprint density at radius 2 is 1.69 bits per heavy atom. The van der Waals surface area contributed by atoms with Gasteiger partial charge in [0.25, 0.3) is 0 Å². The maximum atomic E-state index is 11.5. The third kappa shape index (κ3) is 5.52. The van der Waals surface area contributed by atoms with Crippen LogP contribution in [0, 0.1) is 0 Å². The van der Waals surface area contributed by atoms with Gasteiger partial charge in [0, 0.05) is 0 Å². The predicted octanol–water partition coefficient (Wildman–Crippen LogP) is -1.51. The Labute approximate surface area is 109 Å². The third-order valence-corrected chi connectivity index (χ3v) is 3.51. The van der Waals surface area contributed by atoms with Crippen molar-refractivity contribution in [3.8, 4) is 0 Å². The van der Waals surface area contributed by atoms with Gasteiger partial charge in [0.2, 0.25) is 0 Å². The molecule has 91 valence electrons. The van der Waals surface area contributed by atoms with Gasteiger partial charge in [-0.05, 0) is 0 Å². The van der Waals surface area contributed by atoms with E-state index in [1.165, 1.54) is 0 Å². The van der Waals surface area contributed by atoms with Crippen LogP contribution in [0.15, 0.2) is 0 Å². The Hall–Kier alpha value is 0.224. The SMILES string of the molecule is CC(=O)C1CNCCNCCNCC[N]1[Ti]. The average Bonchev–Trinajstić information content (AvgIpc) is 2.22. The first kappa shape index (κ1) is 14.3. The first-order chi connectivity index (χ1) is 7.72. The summed E-state index contributed by atoms with van der Waals surface area (Å²) in [6.07, 6.45) is 0. The summed E-state index contributed by atoms with van der Waals surface area (Å²) in [4.78, 5) is 11.5. The molecule has 0 aromatic heterocycles. The molecule has 1 unspecified atom stereocenters. The standard InChI is InChI=1S/C10H21N4O.Ti/c1-9(15)10-8-13-5-4-11-2-3-12-6-7-14-10;/h10-13H,2-8H2,1H3;/q-1;+1. The summed E-state index contributed by atoms with van der Waals surface area (Å²) in [5.41, 5.74) is 0. The van der Waals surface area contributed by atoms with Crippen molar-refractivity contribution in [3.63, 3.8) is 0 Å². The molecule has 0 aromatic rings. The van der Waals surface area contributed by atoms with Crippen molar-refractivity contribution in [3.05, 3.63) is 0 Å². The number of carbonyl (C=O) groups excluding carboxylic acids is 1. The van der Waals surface area contributed by atoms with Gasteiger partial charge in [0.1, 0.15) is 0 Å². The minimum atomic E-state index is 0.00114.